The fraction of sp³-hybridized carbons (Fsp3) is 0.417. The Labute approximate surface area is 100 Å². The number of benzene rings is 1. The molecule has 0 spiro atoms. The average molecular weight is 231 g/mol. The smallest absolute Gasteiger partial charge is 0.158 e. The maximum absolute atomic E-state index is 5.64. The van der Waals surface area contributed by atoms with Gasteiger partial charge in [0.05, 0.1) is 5.52 Å². The van der Waals surface area contributed by atoms with E-state index in [0.717, 1.165) is 37.5 Å². The van der Waals surface area contributed by atoms with Gasteiger partial charge in [-0.2, -0.15) is 5.10 Å². The van der Waals surface area contributed by atoms with Crippen LogP contribution in [0.3, 0.4) is 0 Å². The molecule has 3 rings (SSSR count). The summed E-state index contributed by atoms with van der Waals surface area (Å²) in [5.41, 5.74) is 6.74. The first-order valence-electron chi connectivity index (χ1n) is 5.99. The fourth-order valence-corrected chi connectivity index (χ4v) is 2.33. The van der Waals surface area contributed by atoms with Gasteiger partial charge >= 0.3 is 0 Å². The van der Waals surface area contributed by atoms with Crippen LogP contribution in [0.4, 0.5) is 5.82 Å². The summed E-state index contributed by atoms with van der Waals surface area (Å²) in [5, 5.41) is 8.70. The maximum Gasteiger partial charge on any atom is 0.158 e. The summed E-state index contributed by atoms with van der Waals surface area (Å²) >= 11 is 0. The molecule has 0 radical (unpaired) electrons. The second-order valence-electron chi connectivity index (χ2n) is 4.38. The fourth-order valence-electron chi connectivity index (χ4n) is 2.33. The Morgan fingerprint density at radius 1 is 1.18 bits per heavy atom. The minimum absolute atomic E-state index is 0.648. The highest BCUT2D eigenvalue weighted by atomic mass is 15.3. The van der Waals surface area contributed by atoms with E-state index in [-0.39, 0.29) is 0 Å². The molecule has 0 saturated carbocycles. The molecule has 1 aliphatic rings. The van der Waals surface area contributed by atoms with E-state index in [1.54, 1.807) is 0 Å². The van der Waals surface area contributed by atoms with Gasteiger partial charge in [0.1, 0.15) is 0 Å². The standard InChI is InChI=1S/C12H17N5/c13-9-16-5-7-17(8-6-16)12-10-3-1-2-4-11(10)14-15-12/h1-4H,5-9,13H2,(H,14,15). The van der Waals surface area contributed by atoms with Crippen LogP contribution in [-0.2, 0) is 0 Å². The Hall–Kier alpha value is -1.59. The van der Waals surface area contributed by atoms with Crippen molar-refractivity contribution in [2.45, 2.75) is 0 Å². The minimum Gasteiger partial charge on any atom is -0.352 e. The largest absolute Gasteiger partial charge is 0.352 e. The third kappa shape index (κ3) is 1.87. The highest BCUT2D eigenvalue weighted by Crippen LogP contribution is 2.24. The van der Waals surface area contributed by atoms with Gasteiger partial charge in [0.25, 0.3) is 0 Å². The van der Waals surface area contributed by atoms with E-state index in [2.05, 4.69) is 38.2 Å². The van der Waals surface area contributed by atoms with Crippen LogP contribution >= 0.6 is 0 Å². The van der Waals surface area contributed by atoms with E-state index < -0.39 is 0 Å². The molecular formula is C12H17N5. The molecule has 2 aromatic rings. The van der Waals surface area contributed by atoms with Crippen LogP contribution in [0, 0.1) is 0 Å². The first-order valence-corrected chi connectivity index (χ1v) is 5.99. The van der Waals surface area contributed by atoms with Gasteiger partial charge < -0.3 is 10.6 Å². The SMILES string of the molecule is NCN1CCN(c2n[nH]c3ccccc23)CC1. The number of fused-ring (bicyclic) bond motifs is 1. The summed E-state index contributed by atoms with van der Waals surface area (Å²) in [6.07, 6.45) is 0. The van der Waals surface area contributed by atoms with Crippen molar-refractivity contribution in [1.29, 1.82) is 0 Å². The van der Waals surface area contributed by atoms with Gasteiger partial charge in [0.2, 0.25) is 0 Å². The topological polar surface area (TPSA) is 61.2 Å². The number of anilines is 1. The average Bonchev–Trinajstić information content (AvgIpc) is 2.83. The zero-order valence-corrected chi connectivity index (χ0v) is 9.76. The summed E-state index contributed by atoms with van der Waals surface area (Å²) < 4.78 is 0. The number of hydrogen-bond acceptors (Lipinski definition) is 4. The lowest BCUT2D eigenvalue weighted by Gasteiger charge is -2.34. The summed E-state index contributed by atoms with van der Waals surface area (Å²) in [7, 11) is 0. The lowest BCUT2D eigenvalue weighted by molar-refractivity contribution is 0.264. The van der Waals surface area contributed by atoms with Crippen molar-refractivity contribution in [3.63, 3.8) is 0 Å². The molecule has 90 valence electrons. The number of aromatic amines is 1. The van der Waals surface area contributed by atoms with E-state index in [9.17, 15) is 0 Å². The quantitative estimate of drug-likeness (QED) is 0.794. The number of aromatic nitrogens is 2. The van der Waals surface area contributed by atoms with Crippen molar-refractivity contribution in [2.75, 3.05) is 37.7 Å². The van der Waals surface area contributed by atoms with Crippen LogP contribution in [0.2, 0.25) is 0 Å². The summed E-state index contributed by atoms with van der Waals surface area (Å²) in [5.74, 6) is 1.07. The highest BCUT2D eigenvalue weighted by Gasteiger charge is 2.19. The summed E-state index contributed by atoms with van der Waals surface area (Å²) in [6.45, 7) is 4.66. The summed E-state index contributed by atoms with van der Waals surface area (Å²) in [6, 6.07) is 8.25. The highest BCUT2D eigenvalue weighted by molar-refractivity contribution is 5.90. The molecule has 2 heterocycles. The molecule has 1 aromatic heterocycles. The molecular weight excluding hydrogens is 214 g/mol. The van der Waals surface area contributed by atoms with Crippen molar-refractivity contribution in [3.05, 3.63) is 24.3 Å². The van der Waals surface area contributed by atoms with E-state index in [4.69, 9.17) is 5.73 Å². The molecule has 17 heavy (non-hydrogen) atoms. The zero-order chi connectivity index (χ0) is 11.7. The van der Waals surface area contributed by atoms with Crippen LogP contribution in [0.15, 0.2) is 24.3 Å². The van der Waals surface area contributed by atoms with Gasteiger partial charge in [-0.3, -0.25) is 10.00 Å². The maximum atomic E-state index is 5.64. The Kier molecular flexibility index (Phi) is 2.70. The number of H-pyrrole nitrogens is 1. The normalized spacial score (nSPS) is 17.8. The van der Waals surface area contributed by atoms with E-state index in [1.807, 2.05) is 6.07 Å². The molecule has 0 aliphatic carbocycles. The Balaban J connectivity index is 1.85. The number of nitrogens with one attached hydrogen (secondary N) is 1. The Morgan fingerprint density at radius 2 is 1.94 bits per heavy atom. The first kappa shape index (κ1) is 10.6. The molecule has 1 aromatic carbocycles. The second kappa shape index (κ2) is 4.35. The molecule has 1 fully saturated rings. The second-order valence-corrected chi connectivity index (χ2v) is 4.38. The molecule has 0 amide bonds. The molecule has 5 heteroatoms. The number of rotatable bonds is 2. The van der Waals surface area contributed by atoms with Gasteiger partial charge in [0.15, 0.2) is 5.82 Å². The first-order chi connectivity index (χ1) is 8.38. The Bertz CT molecular complexity index is 498. The van der Waals surface area contributed by atoms with Crippen molar-refractivity contribution in [1.82, 2.24) is 15.1 Å². The number of hydrogen-bond donors (Lipinski definition) is 2. The molecule has 1 aliphatic heterocycles. The lowest BCUT2D eigenvalue weighted by atomic mass is 10.2. The predicted octanol–water partition coefficient (Wildman–Crippen LogP) is 0.601. The van der Waals surface area contributed by atoms with Crippen LogP contribution in [0.25, 0.3) is 10.9 Å². The van der Waals surface area contributed by atoms with E-state index in [1.165, 1.54) is 5.39 Å². The van der Waals surface area contributed by atoms with Gasteiger partial charge in [-0.05, 0) is 12.1 Å². The summed E-state index contributed by atoms with van der Waals surface area (Å²) in [4.78, 5) is 4.58. The van der Waals surface area contributed by atoms with Gasteiger partial charge in [-0.15, -0.1) is 0 Å². The minimum atomic E-state index is 0.648. The molecule has 5 nitrogen and oxygen atoms in total. The van der Waals surface area contributed by atoms with Crippen LogP contribution in [0.1, 0.15) is 0 Å². The zero-order valence-electron chi connectivity index (χ0n) is 9.76. The van der Waals surface area contributed by atoms with Gasteiger partial charge in [0, 0.05) is 38.2 Å². The molecule has 1 saturated heterocycles. The van der Waals surface area contributed by atoms with Crippen molar-refractivity contribution in [2.24, 2.45) is 5.73 Å². The monoisotopic (exact) mass is 231 g/mol. The van der Waals surface area contributed by atoms with Crippen molar-refractivity contribution in [3.8, 4) is 0 Å². The molecule has 0 atom stereocenters. The van der Waals surface area contributed by atoms with Gasteiger partial charge in [-0.1, -0.05) is 12.1 Å². The van der Waals surface area contributed by atoms with Crippen LogP contribution < -0.4 is 10.6 Å². The molecule has 3 N–H and O–H groups in total. The molecule has 0 unspecified atom stereocenters. The predicted molar refractivity (Wildman–Crippen MR) is 68.9 cm³/mol. The number of nitrogens with two attached hydrogens (primary N) is 1. The van der Waals surface area contributed by atoms with E-state index >= 15 is 0 Å². The lowest BCUT2D eigenvalue weighted by Crippen LogP contribution is -2.48. The van der Waals surface area contributed by atoms with Gasteiger partial charge in [-0.25, -0.2) is 0 Å². The van der Waals surface area contributed by atoms with Crippen LogP contribution in [0.5, 0.6) is 0 Å². The van der Waals surface area contributed by atoms with E-state index in [0.29, 0.717) is 6.67 Å². The van der Waals surface area contributed by atoms with Crippen LogP contribution in [-0.4, -0.2) is 47.9 Å². The van der Waals surface area contributed by atoms with Crippen molar-refractivity contribution >= 4 is 16.7 Å². The van der Waals surface area contributed by atoms with Crippen molar-refractivity contribution < 1.29 is 0 Å². The third-order valence-corrected chi connectivity index (χ3v) is 3.38. The molecule has 0 bridgehead atoms. The third-order valence-electron chi connectivity index (χ3n) is 3.38. The Morgan fingerprint density at radius 3 is 2.71 bits per heavy atom. The number of para-hydroxylation sites is 1. The number of piperazine rings is 1. The number of nitrogens with zero attached hydrogens (tertiary/aromatic N) is 3.